The van der Waals surface area contributed by atoms with Crippen molar-refractivity contribution in [1.82, 2.24) is 14.8 Å². The smallest absolute Gasteiger partial charge is 0.330 e. The van der Waals surface area contributed by atoms with Crippen molar-refractivity contribution in [1.29, 1.82) is 0 Å². The fraction of sp³-hybridized carbons (Fsp3) is 0.310. The van der Waals surface area contributed by atoms with E-state index in [4.69, 9.17) is 34.8 Å². The SMILES string of the molecule is CC(C)N1CCCN(c2cc3c(cc2C=O)CN(C(=O)c2c(Sc4c(Cl)cccc4Cl)cc(C(F)(F)Cl)[nH]c2=O)C3)C1=O. The number of aromatic amines is 1. The third-order valence-corrected chi connectivity index (χ3v) is 9.55. The predicted molar refractivity (Wildman–Crippen MR) is 162 cm³/mol. The minimum Gasteiger partial charge on any atom is -0.330 e. The van der Waals surface area contributed by atoms with Crippen molar-refractivity contribution in [3.8, 4) is 0 Å². The Hall–Kier alpha value is -3.12. The van der Waals surface area contributed by atoms with Crippen LogP contribution in [0.1, 0.15) is 57.8 Å². The van der Waals surface area contributed by atoms with E-state index in [1.54, 1.807) is 28.0 Å². The number of hydrogen-bond acceptors (Lipinski definition) is 5. The minimum absolute atomic E-state index is 0.0199. The number of aromatic nitrogens is 1. The molecule has 0 aliphatic carbocycles. The van der Waals surface area contributed by atoms with Crippen LogP contribution in [0.2, 0.25) is 10.0 Å². The summed E-state index contributed by atoms with van der Waals surface area (Å²) in [5.41, 5.74) is -0.273. The monoisotopic (exact) mass is 668 g/mol. The number of aldehydes is 1. The maximum Gasteiger partial charge on any atom is 0.362 e. The molecule has 2 aliphatic heterocycles. The van der Waals surface area contributed by atoms with Gasteiger partial charge in [-0.1, -0.05) is 41.0 Å². The van der Waals surface area contributed by atoms with E-state index in [1.807, 2.05) is 18.8 Å². The van der Waals surface area contributed by atoms with Crippen LogP contribution in [-0.2, 0) is 18.5 Å². The number of halogens is 5. The molecule has 0 spiro atoms. The number of amides is 3. The number of nitrogens with zero attached hydrogens (tertiary/aromatic N) is 3. The van der Waals surface area contributed by atoms with Gasteiger partial charge >= 0.3 is 11.4 Å². The van der Waals surface area contributed by atoms with Crippen LogP contribution in [0.5, 0.6) is 0 Å². The number of benzene rings is 2. The normalized spacial score (nSPS) is 15.3. The molecule has 0 bridgehead atoms. The number of nitrogens with one attached hydrogen (secondary N) is 1. The molecule has 0 radical (unpaired) electrons. The van der Waals surface area contributed by atoms with E-state index in [-0.39, 0.29) is 45.0 Å². The van der Waals surface area contributed by atoms with Gasteiger partial charge in [0.25, 0.3) is 11.5 Å². The van der Waals surface area contributed by atoms with Gasteiger partial charge in [-0.05, 0) is 73.3 Å². The molecule has 3 heterocycles. The standard InChI is InChI=1S/C29H25Cl3F2N4O4S/c1-15(2)37-7-4-8-38(28(37)42)21-10-17-13-36(12-16(17)9-18(21)14-39)27(41)24-22(11-23(29(32,33)34)35-26(24)40)43-25-19(30)5-3-6-20(25)31/h3,5-6,9-11,14-15H,4,7-8,12-13H2,1-2H3,(H,35,40). The van der Waals surface area contributed by atoms with Gasteiger partial charge in [-0.15, -0.1) is 0 Å². The van der Waals surface area contributed by atoms with Gasteiger partial charge in [-0.25, -0.2) is 4.79 Å². The van der Waals surface area contributed by atoms with Crippen molar-refractivity contribution in [3.63, 3.8) is 0 Å². The molecule has 3 aromatic rings. The second kappa shape index (κ2) is 12.1. The molecule has 3 amide bonds. The van der Waals surface area contributed by atoms with Gasteiger partial charge < -0.3 is 14.8 Å². The Labute approximate surface area is 264 Å². The molecule has 43 heavy (non-hydrogen) atoms. The number of carbonyl (C=O) groups excluding carboxylic acids is 3. The number of alkyl halides is 3. The molecular formula is C29H25Cl3F2N4O4S. The predicted octanol–water partition coefficient (Wildman–Crippen LogP) is 7.13. The van der Waals surface area contributed by atoms with Crippen molar-refractivity contribution in [2.45, 2.75) is 54.6 Å². The van der Waals surface area contributed by atoms with Crippen LogP contribution < -0.4 is 10.5 Å². The Balaban J connectivity index is 1.51. The van der Waals surface area contributed by atoms with E-state index in [0.717, 1.165) is 24.2 Å². The first-order valence-corrected chi connectivity index (χ1v) is 15.2. The number of H-pyrrole nitrogens is 1. The lowest BCUT2D eigenvalue weighted by Gasteiger charge is -2.38. The molecule has 1 saturated heterocycles. The summed E-state index contributed by atoms with van der Waals surface area (Å²) in [7, 11) is 0. The van der Waals surface area contributed by atoms with E-state index in [0.29, 0.717) is 41.8 Å². The second-order valence-electron chi connectivity index (χ2n) is 10.4. The number of fused-ring (bicyclic) bond motifs is 1. The first kappa shape index (κ1) is 31.3. The van der Waals surface area contributed by atoms with Crippen molar-refractivity contribution in [2.75, 3.05) is 18.0 Å². The van der Waals surface area contributed by atoms with Crippen molar-refractivity contribution in [2.24, 2.45) is 0 Å². The van der Waals surface area contributed by atoms with E-state index < -0.39 is 28.1 Å². The Morgan fingerprint density at radius 2 is 1.72 bits per heavy atom. The van der Waals surface area contributed by atoms with Gasteiger partial charge in [-0.2, -0.15) is 8.78 Å². The number of anilines is 1. The van der Waals surface area contributed by atoms with E-state index >= 15 is 0 Å². The highest BCUT2D eigenvalue weighted by Gasteiger charge is 2.36. The Bertz CT molecular complexity index is 1680. The molecule has 14 heteroatoms. The van der Waals surface area contributed by atoms with Gasteiger partial charge in [0.1, 0.15) is 11.3 Å². The van der Waals surface area contributed by atoms with E-state index in [2.05, 4.69) is 0 Å². The quantitative estimate of drug-likeness (QED) is 0.214. The van der Waals surface area contributed by atoms with E-state index in [1.165, 1.54) is 17.0 Å². The third-order valence-electron chi connectivity index (χ3n) is 7.30. The van der Waals surface area contributed by atoms with Gasteiger partial charge in [0.05, 0.1) is 15.7 Å². The van der Waals surface area contributed by atoms with Crippen LogP contribution in [0, 0.1) is 0 Å². The highest BCUT2D eigenvalue weighted by atomic mass is 35.5. The Kier molecular flexibility index (Phi) is 8.82. The summed E-state index contributed by atoms with van der Waals surface area (Å²) in [5, 5.41) is -3.52. The van der Waals surface area contributed by atoms with Gasteiger partial charge in [0, 0.05) is 47.6 Å². The highest BCUT2D eigenvalue weighted by molar-refractivity contribution is 7.99. The largest absolute Gasteiger partial charge is 0.362 e. The zero-order valence-electron chi connectivity index (χ0n) is 22.9. The number of hydrogen-bond donors (Lipinski definition) is 1. The molecule has 0 atom stereocenters. The highest BCUT2D eigenvalue weighted by Crippen LogP contribution is 2.42. The average molecular weight is 670 g/mol. The van der Waals surface area contributed by atoms with Crippen molar-refractivity contribution in [3.05, 3.63) is 84.7 Å². The zero-order valence-corrected chi connectivity index (χ0v) is 26.0. The molecule has 2 aromatic carbocycles. The van der Waals surface area contributed by atoms with Crippen LogP contribution in [-0.4, -0.2) is 52.1 Å². The van der Waals surface area contributed by atoms with Crippen molar-refractivity contribution < 1.29 is 23.2 Å². The molecule has 8 nitrogen and oxygen atoms in total. The second-order valence-corrected chi connectivity index (χ2v) is 12.8. The summed E-state index contributed by atoms with van der Waals surface area (Å²) in [5.74, 6) is -0.734. The molecule has 0 saturated carbocycles. The topological polar surface area (TPSA) is 93.8 Å². The lowest BCUT2D eigenvalue weighted by molar-refractivity contribution is 0.0740. The molecule has 1 N–H and O–H groups in total. The third kappa shape index (κ3) is 6.13. The molecule has 1 aromatic heterocycles. The maximum absolute atomic E-state index is 14.1. The van der Waals surface area contributed by atoms with Crippen LogP contribution in [0.4, 0.5) is 19.3 Å². The summed E-state index contributed by atoms with van der Waals surface area (Å²) in [6.45, 7) is 4.99. The van der Waals surface area contributed by atoms with Crippen LogP contribution >= 0.6 is 46.6 Å². The Morgan fingerprint density at radius 3 is 2.33 bits per heavy atom. The molecule has 1 fully saturated rings. The molecule has 226 valence electrons. The van der Waals surface area contributed by atoms with Gasteiger partial charge in [0.2, 0.25) is 0 Å². The molecule has 5 rings (SSSR count). The lowest BCUT2D eigenvalue weighted by atomic mass is 10.0. The molecular weight excluding hydrogens is 645 g/mol. The summed E-state index contributed by atoms with van der Waals surface area (Å²) < 4.78 is 28.1. The van der Waals surface area contributed by atoms with Crippen molar-refractivity contribution >= 4 is 70.5 Å². The van der Waals surface area contributed by atoms with Crippen LogP contribution in [0.3, 0.4) is 0 Å². The Morgan fingerprint density at radius 1 is 1.07 bits per heavy atom. The summed E-state index contributed by atoms with van der Waals surface area (Å²) in [4.78, 5) is 59.1. The first-order chi connectivity index (χ1) is 20.3. The van der Waals surface area contributed by atoms with E-state index in [9.17, 15) is 28.0 Å². The zero-order chi connectivity index (χ0) is 31.2. The lowest BCUT2D eigenvalue weighted by Crippen LogP contribution is -2.52. The number of carbonyl (C=O) groups is 3. The fourth-order valence-corrected chi connectivity index (χ4v) is 6.94. The van der Waals surface area contributed by atoms with Gasteiger partial charge in [-0.3, -0.25) is 19.3 Å². The fourth-order valence-electron chi connectivity index (χ4n) is 5.20. The maximum atomic E-state index is 14.1. The first-order valence-electron chi connectivity index (χ1n) is 13.2. The summed E-state index contributed by atoms with van der Waals surface area (Å²) in [6, 6.07) is 8.72. The average Bonchev–Trinajstić information content (AvgIpc) is 3.36. The summed E-state index contributed by atoms with van der Waals surface area (Å²) in [6.07, 6.45) is 1.39. The van der Waals surface area contributed by atoms with Crippen LogP contribution in [0.25, 0.3) is 0 Å². The molecule has 2 aliphatic rings. The number of urea groups is 1. The van der Waals surface area contributed by atoms with Gasteiger partial charge in [0.15, 0.2) is 6.29 Å². The summed E-state index contributed by atoms with van der Waals surface area (Å²) >= 11 is 18.6. The number of pyridine rings is 1. The number of rotatable bonds is 7. The molecule has 0 unspecified atom stereocenters. The minimum atomic E-state index is -3.91. The van der Waals surface area contributed by atoms with Crippen LogP contribution in [0.15, 0.2) is 51.0 Å².